The number of hydrogen-bond acceptors (Lipinski definition) is 2. The van der Waals surface area contributed by atoms with Crippen LogP contribution in [-0.4, -0.2) is 22.1 Å². The van der Waals surface area contributed by atoms with Crippen LogP contribution in [0.15, 0.2) is 47.5 Å². The predicted molar refractivity (Wildman–Crippen MR) is 86.8 cm³/mol. The highest BCUT2D eigenvalue weighted by molar-refractivity contribution is 9.10. The molecule has 0 fully saturated rings. The standard InChI is InChI=1S/C16H22BrN3/c1-14(12-15-4-6-16(17)7-5-15)19-8-2-3-10-20-11-9-18-13-20/h4-7,9,11,13-14,19H,2-3,8,10,12H2,1H3. The fraction of sp³-hybridized carbons (Fsp3) is 0.438. The number of imidazole rings is 1. The van der Waals surface area contributed by atoms with E-state index in [1.54, 1.807) is 0 Å². The van der Waals surface area contributed by atoms with Crippen LogP contribution in [-0.2, 0) is 13.0 Å². The van der Waals surface area contributed by atoms with Crippen molar-refractivity contribution in [3.8, 4) is 0 Å². The van der Waals surface area contributed by atoms with E-state index in [-0.39, 0.29) is 0 Å². The molecule has 0 aliphatic heterocycles. The Morgan fingerprint density at radius 1 is 1.25 bits per heavy atom. The lowest BCUT2D eigenvalue weighted by molar-refractivity contribution is 0.508. The first kappa shape index (κ1) is 15.3. The van der Waals surface area contributed by atoms with Gasteiger partial charge in [0.05, 0.1) is 6.33 Å². The molecule has 3 nitrogen and oxygen atoms in total. The van der Waals surface area contributed by atoms with Crippen LogP contribution >= 0.6 is 15.9 Å². The van der Waals surface area contributed by atoms with Gasteiger partial charge in [-0.05, 0) is 50.4 Å². The number of benzene rings is 1. The fourth-order valence-corrected chi connectivity index (χ4v) is 2.50. The van der Waals surface area contributed by atoms with Gasteiger partial charge in [-0.15, -0.1) is 0 Å². The van der Waals surface area contributed by atoms with E-state index in [9.17, 15) is 0 Å². The molecule has 0 aliphatic carbocycles. The Morgan fingerprint density at radius 2 is 2.05 bits per heavy atom. The first-order valence-electron chi connectivity index (χ1n) is 7.17. The molecule has 0 saturated carbocycles. The SMILES string of the molecule is CC(Cc1ccc(Br)cc1)NCCCCn1ccnc1. The van der Waals surface area contributed by atoms with Crippen molar-refractivity contribution in [2.45, 2.75) is 38.8 Å². The quantitative estimate of drug-likeness (QED) is 0.746. The number of unbranched alkanes of at least 4 members (excludes halogenated alkanes) is 1. The van der Waals surface area contributed by atoms with E-state index in [2.05, 4.69) is 62.0 Å². The lowest BCUT2D eigenvalue weighted by Gasteiger charge is -2.14. The van der Waals surface area contributed by atoms with E-state index >= 15 is 0 Å². The average Bonchev–Trinajstić information content (AvgIpc) is 2.94. The Hall–Kier alpha value is -1.13. The highest BCUT2D eigenvalue weighted by atomic mass is 79.9. The van der Waals surface area contributed by atoms with Crippen LogP contribution in [0.4, 0.5) is 0 Å². The summed E-state index contributed by atoms with van der Waals surface area (Å²) >= 11 is 3.47. The second-order valence-corrected chi connectivity index (χ2v) is 6.11. The van der Waals surface area contributed by atoms with Gasteiger partial charge in [0.25, 0.3) is 0 Å². The molecule has 1 heterocycles. The maximum absolute atomic E-state index is 4.05. The summed E-state index contributed by atoms with van der Waals surface area (Å²) in [6.45, 7) is 4.38. The van der Waals surface area contributed by atoms with Crippen molar-refractivity contribution in [3.05, 3.63) is 53.0 Å². The van der Waals surface area contributed by atoms with E-state index < -0.39 is 0 Å². The maximum atomic E-state index is 4.05. The molecule has 108 valence electrons. The highest BCUT2D eigenvalue weighted by Crippen LogP contribution is 2.11. The first-order valence-corrected chi connectivity index (χ1v) is 7.97. The number of nitrogens with one attached hydrogen (secondary N) is 1. The van der Waals surface area contributed by atoms with Gasteiger partial charge in [0.2, 0.25) is 0 Å². The third-order valence-electron chi connectivity index (χ3n) is 3.35. The van der Waals surface area contributed by atoms with Gasteiger partial charge in [-0.2, -0.15) is 0 Å². The minimum absolute atomic E-state index is 0.518. The summed E-state index contributed by atoms with van der Waals surface area (Å²) in [4.78, 5) is 4.05. The van der Waals surface area contributed by atoms with Crippen molar-refractivity contribution < 1.29 is 0 Å². The van der Waals surface area contributed by atoms with E-state index in [0.717, 1.165) is 24.0 Å². The number of rotatable bonds is 8. The number of hydrogen-bond donors (Lipinski definition) is 1. The van der Waals surface area contributed by atoms with Gasteiger partial charge in [-0.1, -0.05) is 28.1 Å². The van der Waals surface area contributed by atoms with Gasteiger partial charge in [0.1, 0.15) is 0 Å². The van der Waals surface area contributed by atoms with Gasteiger partial charge in [-0.25, -0.2) is 4.98 Å². The van der Waals surface area contributed by atoms with E-state index in [4.69, 9.17) is 0 Å². The molecular weight excluding hydrogens is 314 g/mol. The fourth-order valence-electron chi connectivity index (χ4n) is 2.23. The van der Waals surface area contributed by atoms with Crippen LogP contribution in [0.3, 0.4) is 0 Å². The molecule has 0 saturated heterocycles. The van der Waals surface area contributed by atoms with Crippen LogP contribution in [0, 0.1) is 0 Å². The molecule has 1 N–H and O–H groups in total. The molecule has 1 unspecified atom stereocenters. The van der Waals surface area contributed by atoms with Crippen LogP contribution in [0.1, 0.15) is 25.3 Å². The van der Waals surface area contributed by atoms with Crippen molar-refractivity contribution in [2.75, 3.05) is 6.54 Å². The van der Waals surface area contributed by atoms with Gasteiger partial charge in [-0.3, -0.25) is 0 Å². The number of aryl methyl sites for hydroxylation is 1. The van der Waals surface area contributed by atoms with Crippen molar-refractivity contribution in [1.29, 1.82) is 0 Å². The summed E-state index contributed by atoms with van der Waals surface area (Å²) in [5.74, 6) is 0. The Bertz CT molecular complexity index is 479. The van der Waals surface area contributed by atoms with Crippen molar-refractivity contribution >= 4 is 15.9 Å². The summed E-state index contributed by atoms with van der Waals surface area (Å²) in [6.07, 6.45) is 9.19. The lowest BCUT2D eigenvalue weighted by Crippen LogP contribution is -2.29. The predicted octanol–water partition coefficient (Wildman–Crippen LogP) is 3.65. The number of nitrogens with zero attached hydrogens (tertiary/aromatic N) is 2. The molecule has 0 radical (unpaired) electrons. The van der Waals surface area contributed by atoms with Gasteiger partial charge < -0.3 is 9.88 Å². The Balaban J connectivity index is 1.58. The number of aromatic nitrogens is 2. The largest absolute Gasteiger partial charge is 0.337 e. The summed E-state index contributed by atoms with van der Waals surface area (Å²) in [5.41, 5.74) is 1.38. The molecule has 2 aromatic rings. The highest BCUT2D eigenvalue weighted by Gasteiger charge is 2.02. The zero-order valence-corrected chi connectivity index (χ0v) is 13.5. The van der Waals surface area contributed by atoms with Crippen molar-refractivity contribution in [2.24, 2.45) is 0 Å². The van der Waals surface area contributed by atoms with Crippen molar-refractivity contribution in [1.82, 2.24) is 14.9 Å². The number of halogens is 1. The molecule has 0 bridgehead atoms. The third kappa shape index (κ3) is 5.47. The zero-order valence-electron chi connectivity index (χ0n) is 11.9. The van der Waals surface area contributed by atoms with E-state index in [1.165, 1.54) is 18.4 Å². The maximum Gasteiger partial charge on any atom is 0.0945 e. The molecule has 20 heavy (non-hydrogen) atoms. The third-order valence-corrected chi connectivity index (χ3v) is 3.88. The minimum atomic E-state index is 0.518. The average molecular weight is 336 g/mol. The summed E-state index contributed by atoms with van der Waals surface area (Å²) in [7, 11) is 0. The van der Waals surface area contributed by atoms with Crippen LogP contribution in [0.2, 0.25) is 0 Å². The van der Waals surface area contributed by atoms with Crippen LogP contribution in [0.25, 0.3) is 0 Å². The molecule has 2 rings (SSSR count). The summed E-state index contributed by atoms with van der Waals surface area (Å²) < 4.78 is 3.27. The molecule has 0 amide bonds. The smallest absolute Gasteiger partial charge is 0.0945 e. The summed E-state index contributed by atoms with van der Waals surface area (Å²) in [5, 5.41) is 3.59. The first-order chi connectivity index (χ1) is 9.74. The summed E-state index contributed by atoms with van der Waals surface area (Å²) in [6, 6.07) is 9.09. The normalized spacial score (nSPS) is 12.5. The molecule has 0 aliphatic rings. The molecule has 4 heteroatoms. The van der Waals surface area contributed by atoms with Gasteiger partial charge >= 0.3 is 0 Å². The molecule has 1 aromatic heterocycles. The topological polar surface area (TPSA) is 29.9 Å². The van der Waals surface area contributed by atoms with Crippen LogP contribution in [0.5, 0.6) is 0 Å². The van der Waals surface area contributed by atoms with Gasteiger partial charge in [0, 0.05) is 29.5 Å². The zero-order chi connectivity index (χ0) is 14.2. The molecule has 1 atom stereocenters. The van der Waals surface area contributed by atoms with Crippen LogP contribution < -0.4 is 5.32 Å². The molecular formula is C16H22BrN3. The lowest BCUT2D eigenvalue weighted by atomic mass is 10.1. The van der Waals surface area contributed by atoms with Crippen molar-refractivity contribution in [3.63, 3.8) is 0 Å². The minimum Gasteiger partial charge on any atom is -0.337 e. The molecule has 0 spiro atoms. The Kier molecular flexibility index (Phi) is 6.27. The van der Waals surface area contributed by atoms with E-state index in [1.807, 2.05) is 18.7 Å². The Morgan fingerprint density at radius 3 is 2.75 bits per heavy atom. The molecule has 1 aromatic carbocycles. The van der Waals surface area contributed by atoms with E-state index in [0.29, 0.717) is 6.04 Å². The monoisotopic (exact) mass is 335 g/mol. The second-order valence-electron chi connectivity index (χ2n) is 5.19. The second kappa shape index (κ2) is 8.22. The Labute approximate surface area is 129 Å². The van der Waals surface area contributed by atoms with Gasteiger partial charge in [0.15, 0.2) is 0 Å².